The number of aromatic nitrogens is 1. The van der Waals surface area contributed by atoms with E-state index >= 15 is 0 Å². The van der Waals surface area contributed by atoms with Crippen LogP contribution in [0.4, 0.5) is 0 Å². The monoisotopic (exact) mass is 251 g/mol. The molecule has 3 nitrogen and oxygen atoms in total. The van der Waals surface area contributed by atoms with Gasteiger partial charge in [-0.25, -0.2) is 0 Å². The number of rotatable bonds is 2. The fraction of sp³-hybridized carbons (Fsp3) is 0.308. The smallest absolute Gasteiger partial charge is 0.307 e. The highest BCUT2D eigenvalue weighted by Crippen LogP contribution is 2.33. The van der Waals surface area contributed by atoms with Crippen LogP contribution in [0.1, 0.15) is 22.4 Å². The summed E-state index contributed by atoms with van der Waals surface area (Å²) in [4.78, 5) is 14.1. The van der Waals surface area contributed by atoms with Crippen molar-refractivity contribution < 1.29 is 9.90 Å². The molecule has 0 bridgehead atoms. The van der Waals surface area contributed by atoms with Crippen LogP contribution in [0, 0.1) is 20.8 Å². The number of carbonyl (C=O) groups is 1. The van der Waals surface area contributed by atoms with Gasteiger partial charge in [-0.3, -0.25) is 4.79 Å². The largest absolute Gasteiger partial charge is 0.481 e. The van der Waals surface area contributed by atoms with E-state index in [4.69, 9.17) is 16.7 Å². The van der Waals surface area contributed by atoms with E-state index in [1.165, 1.54) is 0 Å². The molecule has 2 aromatic rings. The van der Waals surface area contributed by atoms with Gasteiger partial charge >= 0.3 is 5.97 Å². The third-order valence-electron chi connectivity index (χ3n) is 3.19. The predicted molar refractivity (Wildman–Crippen MR) is 68.9 cm³/mol. The number of carboxylic acids is 1. The second kappa shape index (κ2) is 4.08. The Balaban J connectivity index is 2.83. The van der Waals surface area contributed by atoms with Crippen molar-refractivity contribution >= 4 is 28.5 Å². The molecule has 0 amide bonds. The molecule has 0 unspecified atom stereocenters. The van der Waals surface area contributed by atoms with E-state index < -0.39 is 5.97 Å². The Morgan fingerprint density at radius 2 is 2.06 bits per heavy atom. The van der Waals surface area contributed by atoms with E-state index in [2.05, 4.69) is 4.98 Å². The number of hydrogen-bond donors (Lipinski definition) is 2. The Kier molecular flexibility index (Phi) is 2.87. The molecular formula is C13H14ClNO2. The topological polar surface area (TPSA) is 53.1 Å². The summed E-state index contributed by atoms with van der Waals surface area (Å²) in [5.74, 6) is -0.828. The zero-order valence-electron chi connectivity index (χ0n) is 10.0. The second-order valence-electron chi connectivity index (χ2n) is 4.35. The summed E-state index contributed by atoms with van der Waals surface area (Å²) < 4.78 is 0. The molecular weight excluding hydrogens is 238 g/mol. The van der Waals surface area contributed by atoms with Gasteiger partial charge in [-0.15, -0.1) is 0 Å². The minimum absolute atomic E-state index is 0.0203. The van der Waals surface area contributed by atoms with Crippen molar-refractivity contribution in [3.8, 4) is 0 Å². The lowest BCUT2D eigenvalue weighted by atomic mass is 10.00. The molecule has 0 spiro atoms. The Bertz CT molecular complexity index is 614. The van der Waals surface area contributed by atoms with E-state index in [9.17, 15) is 4.79 Å². The van der Waals surface area contributed by atoms with Gasteiger partial charge in [0.25, 0.3) is 0 Å². The molecule has 0 saturated carbocycles. The number of benzene rings is 1. The summed E-state index contributed by atoms with van der Waals surface area (Å²) in [5, 5.41) is 10.5. The number of hydrogen-bond acceptors (Lipinski definition) is 1. The first-order chi connectivity index (χ1) is 7.91. The highest BCUT2D eigenvalue weighted by molar-refractivity contribution is 6.35. The van der Waals surface area contributed by atoms with E-state index in [0.29, 0.717) is 5.02 Å². The maximum atomic E-state index is 10.9. The summed E-state index contributed by atoms with van der Waals surface area (Å²) in [6.45, 7) is 5.85. The highest BCUT2D eigenvalue weighted by Gasteiger charge is 2.16. The average molecular weight is 252 g/mol. The maximum absolute atomic E-state index is 10.9. The maximum Gasteiger partial charge on any atom is 0.307 e. The summed E-state index contributed by atoms with van der Waals surface area (Å²) in [6.07, 6.45) is 0.0203. The van der Waals surface area contributed by atoms with Crippen molar-refractivity contribution in [3.05, 3.63) is 33.5 Å². The zero-order valence-corrected chi connectivity index (χ0v) is 10.8. The molecule has 2 N–H and O–H groups in total. The van der Waals surface area contributed by atoms with Crippen molar-refractivity contribution in [2.24, 2.45) is 0 Å². The SMILES string of the molecule is Cc1cc(Cl)c2[nH]c(C)c(CC(=O)O)c2c1C. The molecule has 0 aliphatic carbocycles. The lowest BCUT2D eigenvalue weighted by Crippen LogP contribution is -2.01. The first kappa shape index (κ1) is 12.0. The number of aliphatic carboxylic acids is 1. The molecule has 0 saturated heterocycles. The van der Waals surface area contributed by atoms with Crippen molar-refractivity contribution in [3.63, 3.8) is 0 Å². The van der Waals surface area contributed by atoms with E-state index in [-0.39, 0.29) is 6.42 Å². The van der Waals surface area contributed by atoms with Crippen molar-refractivity contribution in [1.29, 1.82) is 0 Å². The van der Waals surface area contributed by atoms with Crippen molar-refractivity contribution in [2.75, 3.05) is 0 Å². The minimum Gasteiger partial charge on any atom is -0.481 e. The van der Waals surface area contributed by atoms with E-state index in [0.717, 1.165) is 33.3 Å². The van der Waals surface area contributed by atoms with Crippen LogP contribution >= 0.6 is 11.6 Å². The summed E-state index contributed by atoms with van der Waals surface area (Å²) in [6, 6.07) is 1.90. The molecule has 1 aromatic carbocycles. The number of aromatic amines is 1. The number of aryl methyl sites for hydroxylation is 3. The fourth-order valence-electron chi connectivity index (χ4n) is 2.20. The normalized spacial score (nSPS) is 11.1. The van der Waals surface area contributed by atoms with Gasteiger partial charge in [0.05, 0.1) is 17.0 Å². The first-order valence-electron chi connectivity index (χ1n) is 5.40. The van der Waals surface area contributed by atoms with Gasteiger partial charge in [0, 0.05) is 11.1 Å². The highest BCUT2D eigenvalue weighted by atomic mass is 35.5. The molecule has 0 aliphatic rings. The van der Waals surface area contributed by atoms with Gasteiger partial charge in [-0.1, -0.05) is 11.6 Å². The second-order valence-corrected chi connectivity index (χ2v) is 4.76. The molecule has 0 radical (unpaired) electrons. The lowest BCUT2D eigenvalue weighted by Gasteiger charge is -2.06. The summed E-state index contributed by atoms with van der Waals surface area (Å²) >= 11 is 6.18. The Hall–Kier alpha value is -1.48. The molecule has 1 heterocycles. The Labute approximate surface area is 104 Å². The van der Waals surface area contributed by atoms with Crippen LogP contribution in [0.3, 0.4) is 0 Å². The molecule has 0 fully saturated rings. The third-order valence-corrected chi connectivity index (χ3v) is 3.49. The van der Waals surface area contributed by atoms with Gasteiger partial charge in [0.1, 0.15) is 0 Å². The fourth-order valence-corrected chi connectivity index (χ4v) is 2.50. The van der Waals surface area contributed by atoms with Gasteiger partial charge in [0.15, 0.2) is 0 Å². The average Bonchev–Trinajstić information content (AvgIpc) is 2.53. The van der Waals surface area contributed by atoms with Gasteiger partial charge in [-0.05, 0) is 43.5 Å². The number of halogens is 1. The van der Waals surface area contributed by atoms with Crippen LogP contribution in [0.5, 0.6) is 0 Å². The van der Waals surface area contributed by atoms with Gasteiger partial charge < -0.3 is 10.1 Å². The number of fused-ring (bicyclic) bond motifs is 1. The third kappa shape index (κ3) is 1.91. The first-order valence-corrected chi connectivity index (χ1v) is 5.78. The molecule has 4 heteroatoms. The summed E-state index contributed by atoms with van der Waals surface area (Å²) in [7, 11) is 0. The lowest BCUT2D eigenvalue weighted by molar-refractivity contribution is -0.136. The summed E-state index contributed by atoms with van der Waals surface area (Å²) in [5.41, 5.74) is 4.70. The number of carboxylic acid groups (broad SMARTS) is 1. The molecule has 90 valence electrons. The van der Waals surface area contributed by atoms with Crippen molar-refractivity contribution in [1.82, 2.24) is 4.98 Å². The van der Waals surface area contributed by atoms with Crippen LogP contribution in [0.2, 0.25) is 5.02 Å². The van der Waals surface area contributed by atoms with Crippen LogP contribution in [0.15, 0.2) is 6.07 Å². The Morgan fingerprint density at radius 1 is 1.41 bits per heavy atom. The predicted octanol–water partition coefficient (Wildman–Crippen LogP) is 3.37. The number of H-pyrrole nitrogens is 1. The van der Waals surface area contributed by atoms with Crippen LogP contribution in [-0.2, 0) is 11.2 Å². The molecule has 0 atom stereocenters. The van der Waals surface area contributed by atoms with Crippen LogP contribution < -0.4 is 0 Å². The molecule has 1 aromatic heterocycles. The molecule has 2 rings (SSSR count). The minimum atomic E-state index is -0.828. The van der Waals surface area contributed by atoms with E-state index in [1.54, 1.807) is 0 Å². The van der Waals surface area contributed by atoms with Gasteiger partial charge in [-0.2, -0.15) is 0 Å². The molecule has 0 aliphatic heterocycles. The number of nitrogens with one attached hydrogen (secondary N) is 1. The molecule has 17 heavy (non-hydrogen) atoms. The Morgan fingerprint density at radius 3 is 2.65 bits per heavy atom. The quantitative estimate of drug-likeness (QED) is 0.860. The van der Waals surface area contributed by atoms with E-state index in [1.807, 2.05) is 26.8 Å². The van der Waals surface area contributed by atoms with Crippen molar-refractivity contribution in [2.45, 2.75) is 27.2 Å². The van der Waals surface area contributed by atoms with Crippen LogP contribution in [-0.4, -0.2) is 16.1 Å². The van der Waals surface area contributed by atoms with Crippen LogP contribution in [0.25, 0.3) is 10.9 Å². The van der Waals surface area contributed by atoms with Gasteiger partial charge in [0.2, 0.25) is 0 Å². The standard InChI is InChI=1S/C13H14ClNO2/c1-6-4-10(14)13-12(7(6)2)9(5-11(16)17)8(3)15-13/h4,15H,5H2,1-3H3,(H,16,17). The zero-order chi connectivity index (χ0) is 12.7.